The number of rotatable bonds is 1. The maximum atomic E-state index is 5.76. The molecule has 2 atom stereocenters. The van der Waals surface area contributed by atoms with Crippen molar-refractivity contribution in [3.05, 3.63) is 12.4 Å². The zero-order valence-electron chi connectivity index (χ0n) is 6.76. The molecular formula is C7H13ClN4. The predicted octanol–water partition coefficient (Wildman–Crippen LogP) is 0.752. The first-order chi connectivity index (χ1) is 5.36. The molecule has 0 saturated heterocycles. The number of hydrogen-bond acceptors (Lipinski definition) is 3. The van der Waals surface area contributed by atoms with E-state index >= 15 is 0 Å². The van der Waals surface area contributed by atoms with Gasteiger partial charge in [-0.1, -0.05) is 0 Å². The van der Waals surface area contributed by atoms with Gasteiger partial charge >= 0.3 is 0 Å². The third-order valence-electron chi connectivity index (χ3n) is 2.21. The Balaban J connectivity index is 0.000000720. The summed E-state index contributed by atoms with van der Waals surface area (Å²) in [6.45, 7) is 0. The summed E-state index contributed by atoms with van der Waals surface area (Å²) < 4.78 is 0. The van der Waals surface area contributed by atoms with Crippen molar-refractivity contribution in [2.45, 2.75) is 31.3 Å². The van der Waals surface area contributed by atoms with Gasteiger partial charge in [0.05, 0.1) is 18.4 Å². The number of nitrogens with zero attached hydrogens (tertiary/aromatic N) is 3. The van der Waals surface area contributed by atoms with Crippen LogP contribution in [0.4, 0.5) is 0 Å². The Morgan fingerprint density at radius 1 is 1.25 bits per heavy atom. The van der Waals surface area contributed by atoms with Crippen LogP contribution in [-0.2, 0) is 0 Å². The first-order valence-corrected chi connectivity index (χ1v) is 3.97. The highest BCUT2D eigenvalue weighted by atomic mass is 35.5. The maximum absolute atomic E-state index is 5.76. The molecule has 4 nitrogen and oxygen atoms in total. The van der Waals surface area contributed by atoms with Crippen molar-refractivity contribution in [3.8, 4) is 0 Å². The van der Waals surface area contributed by atoms with E-state index in [0.717, 1.165) is 19.3 Å². The molecule has 1 fully saturated rings. The fourth-order valence-corrected chi connectivity index (χ4v) is 1.62. The Bertz CT molecular complexity index is 223. The maximum Gasteiger partial charge on any atom is 0.0731 e. The van der Waals surface area contributed by atoms with E-state index in [1.807, 2.05) is 0 Å². The van der Waals surface area contributed by atoms with Gasteiger partial charge in [-0.15, -0.1) is 12.4 Å². The quantitative estimate of drug-likeness (QED) is 0.708. The predicted molar refractivity (Wildman–Crippen MR) is 48.1 cm³/mol. The molecule has 0 amide bonds. The summed E-state index contributed by atoms with van der Waals surface area (Å²) in [6.07, 6.45) is 6.67. The van der Waals surface area contributed by atoms with Crippen molar-refractivity contribution in [2.75, 3.05) is 0 Å². The van der Waals surface area contributed by atoms with E-state index in [0.29, 0.717) is 12.1 Å². The SMILES string of the molecule is Cl.NC1CCC(n2nccn2)C1. The smallest absolute Gasteiger partial charge is 0.0731 e. The van der Waals surface area contributed by atoms with Gasteiger partial charge in [0, 0.05) is 6.04 Å². The second-order valence-electron chi connectivity index (χ2n) is 3.08. The van der Waals surface area contributed by atoms with Crippen LogP contribution in [0, 0.1) is 0 Å². The molecule has 2 unspecified atom stereocenters. The van der Waals surface area contributed by atoms with Crippen LogP contribution in [0.15, 0.2) is 12.4 Å². The molecule has 1 aliphatic rings. The third-order valence-corrected chi connectivity index (χ3v) is 2.21. The molecule has 1 aliphatic carbocycles. The fraction of sp³-hybridized carbons (Fsp3) is 0.714. The van der Waals surface area contributed by atoms with Gasteiger partial charge in [-0.25, -0.2) is 0 Å². The summed E-state index contributed by atoms with van der Waals surface area (Å²) in [5, 5.41) is 8.17. The molecule has 12 heavy (non-hydrogen) atoms. The van der Waals surface area contributed by atoms with Crippen molar-refractivity contribution in [3.63, 3.8) is 0 Å². The van der Waals surface area contributed by atoms with Crippen molar-refractivity contribution in [1.29, 1.82) is 0 Å². The zero-order chi connectivity index (χ0) is 7.68. The highest BCUT2D eigenvalue weighted by molar-refractivity contribution is 5.85. The van der Waals surface area contributed by atoms with Crippen LogP contribution in [0.1, 0.15) is 25.3 Å². The normalized spacial score (nSPS) is 28.4. The van der Waals surface area contributed by atoms with Gasteiger partial charge in [0.25, 0.3) is 0 Å². The standard InChI is InChI=1S/C7H12N4.ClH/c8-6-1-2-7(5-6)11-9-3-4-10-11;/h3-4,6-7H,1-2,5,8H2;1H. The fourth-order valence-electron chi connectivity index (χ4n) is 1.62. The second kappa shape index (κ2) is 3.87. The van der Waals surface area contributed by atoms with E-state index in [1.54, 1.807) is 17.2 Å². The molecule has 0 spiro atoms. The van der Waals surface area contributed by atoms with Crippen LogP contribution in [-0.4, -0.2) is 21.0 Å². The van der Waals surface area contributed by atoms with E-state index in [1.165, 1.54) is 0 Å². The number of aromatic nitrogens is 3. The van der Waals surface area contributed by atoms with Crippen molar-refractivity contribution in [1.82, 2.24) is 15.0 Å². The summed E-state index contributed by atoms with van der Waals surface area (Å²) in [4.78, 5) is 1.77. The Morgan fingerprint density at radius 2 is 1.92 bits per heavy atom. The second-order valence-corrected chi connectivity index (χ2v) is 3.08. The third kappa shape index (κ3) is 1.76. The molecule has 68 valence electrons. The summed E-state index contributed by atoms with van der Waals surface area (Å²) in [6, 6.07) is 0.797. The van der Waals surface area contributed by atoms with E-state index in [9.17, 15) is 0 Å². The monoisotopic (exact) mass is 188 g/mol. The molecule has 0 aromatic carbocycles. The average Bonchev–Trinajstić information content (AvgIpc) is 2.55. The zero-order valence-corrected chi connectivity index (χ0v) is 7.57. The highest BCUT2D eigenvalue weighted by Crippen LogP contribution is 2.26. The summed E-state index contributed by atoms with van der Waals surface area (Å²) in [5.41, 5.74) is 5.76. The van der Waals surface area contributed by atoms with Gasteiger partial charge in [0.15, 0.2) is 0 Å². The Labute approximate surface area is 77.5 Å². The van der Waals surface area contributed by atoms with Gasteiger partial charge in [-0.2, -0.15) is 15.0 Å². The molecule has 0 aliphatic heterocycles. The topological polar surface area (TPSA) is 56.7 Å². The summed E-state index contributed by atoms with van der Waals surface area (Å²) in [5.74, 6) is 0. The van der Waals surface area contributed by atoms with E-state index in [-0.39, 0.29) is 12.4 Å². The Hall–Kier alpha value is -0.610. The van der Waals surface area contributed by atoms with Crippen LogP contribution in [0.25, 0.3) is 0 Å². The van der Waals surface area contributed by atoms with Gasteiger partial charge in [-0.05, 0) is 19.3 Å². The molecular weight excluding hydrogens is 176 g/mol. The van der Waals surface area contributed by atoms with Crippen LogP contribution in [0.3, 0.4) is 0 Å². The lowest BCUT2D eigenvalue weighted by molar-refractivity contribution is 0.409. The Kier molecular flexibility index (Phi) is 3.05. The van der Waals surface area contributed by atoms with Crippen molar-refractivity contribution < 1.29 is 0 Å². The van der Waals surface area contributed by atoms with E-state index in [2.05, 4.69) is 10.2 Å². The van der Waals surface area contributed by atoms with Gasteiger partial charge < -0.3 is 5.73 Å². The molecule has 2 N–H and O–H groups in total. The lowest BCUT2D eigenvalue weighted by Gasteiger charge is -2.06. The molecule has 2 rings (SSSR count). The number of halogens is 1. The molecule has 1 saturated carbocycles. The van der Waals surface area contributed by atoms with E-state index < -0.39 is 0 Å². The summed E-state index contributed by atoms with van der Waals surface area (Å²) in [7, 11) is 0. The lowest BCUT2D eigenvalue weighted by Crippen LogP contribution is -2.16. The minimum absolute atomic E-state index is 0. The summed E-state index contributed by atoms with van der Waals surface area (Å²) >= 11 is 0. The van der Waals surface area contributed by atoms with Crippen LogP contribution in [0.2, 0.25) is 0 Å². The Morgan fingerprint density at radius 3 is 2.42 bits per heavy atom. The van der Waals surface area contributed by atoms with Crippen LogP contribution >= 0.6 is 12.4 Å². The van der Waals surface area contributed by atoms with Gasteiger partial charge in [0.1, 0.15) is 0 Å². The molecule has 0 bridgehead atoms. The van der Waals surface area contributed by atoms with E-state index in [4.69, 9.17) is 5.73 Å². The van der Waals surface area contributed by atoms with Gasteiger partial charge in [0.2, 0.25) is 0 Å². The molecule has 1 aromatic rings. The first kappa shape index (κ1) is 9.48. The molecule has 1 aromatic heterocycles. The number of hydrogen-bond donors (Lipinski definition) is 1. The largest absolute Gasteiger partial charge is 0.328 e. The minimum Gasteiger partial charge on any atom is -0.328 e. The first-order valence-electron chi connectivity index (χ1n) is 3.97. The lowest BCUT2D eigenvalue weighted by atomic mass is 10.2. The van der Waals surface area contributed by atoms with Crippen LogP contribution in [0.5, 0.6) is 0 Å². The van der Waals surface area contributed by atoms with Crippen LogP contribution < -0.4 is 5.73 Å². The minimum atomic E-state index is 0. The molecule has 5 heteroatoms. The van der Waals surface area contributed by atoms with Crippen molar-refractivity contribution >= 4 is 12.4 Å². The molecule has 1 heterocycles. The average molecular weight is 189 g/mol. The number of nitrogens with two attached hydrogens (primary N) is 1. The van der Waals surface area contributed by atoms with Gasteiger partial charge in [-0.3, -0.25) is 0 Å². The highest BCUT2D eigenvalue weighted by Gasteiger charge is 2.23. The molecule has 0 radical (unpaired) electrons. The van der Waals surface area contributed by atoms with Crippen molar-refractivity contribution in [2.24, 2.45) is 5.73 Å².